The number of hydrogen-bond donors (Lipinski definition) is 1. The average molecular weight is 368 g/mol. The molecule has 1 saturated heterocycles. The molecule has 142 valence electrons. The van der Waals surface area contributed by atoms with Crippen LogP contribution in [0.5, 0.6) is 0 Å². The maximum Gasteiger partial charge on any atom is 0.410 e. The predicted molar refractivity (Wildman–Crippen MR) is 91.7 cm³/mol. The second kappa shape index (κ2) is 7.64. The number of carbonyl (C=O) groups is 1. The maximum atomic E-state index is 15.1. The fraction of sp³-hybridized carbons (Fsp3) is 0.938. The summed E-state index contributed by atoms with van der Waals surface area (Å²) in [6, 6.07) is -1.15. The third kappa shape index (κ3) is 5.95. The molecule has 1 rings (SSSR count). The van der Waals surface area contributed by atoms with Gasteiger partial charge in [-0.3, -0.25) is 0 Å². The van der Waals surface area contributed by atoms with Crippen molar-refractivity contribution >= 4 is 17.1 Å². The van der Waals surface area contributed by atoms with Crippen LogP contribution in [-0.4, -0.2) is 57.0 Å². The van der Waals surface area contributed by atoms with Crippen LogP contribution in [-0.2, 0) is 15.7 Å². The molecular weight excluding hydrogens is 338 g/mol. The summed E-state index contributed by atoms with van der Waals surface area (Å²) in [6.45, 7) is 9.84. The Morgan fingerprint density at radius 2 is 1.75 bits per heavy atom. The van der Waals surface area contributed by atoms with Gasteiger partial charge in [-0.05, 0) is 41.5 Å². The van der Waals surface area contributed by atoms with Crippen LogP contribution < -0.4 is 4.72 Å². The number of carbonyl (C=O) groups excluding carboxylic acids is 1. The first-order valence-electron chi connectivity index (χ1n) is 8.19. The molecule has 0 aromatic carbocycles. The molecule has 1 unspecified atom stereocenters. The molecule has 0 spiro atoms. The number of likely N-dealkylation sites (tertiary alicyclic amines) is 1. The Labute approximate surface area is 146 Å². The molecule has 1 aliphatic rings. The van der Waals surface area contributed by atoms with Gasteiger partial charge >= 0.3 is 6.09 Å². The Bertz CT molecular complexity index is 467. The number of amides is 1. The van der Waals surface area contributed by atoms with E-state index >= 15 is 4.39 Å². The van der Waals surface area contributed by atoms with Gasteiger partial charge in [0.1, 0.15) is 17.9 Å². The molecule has 5 nitrogen and oxygen atoms in total. The van der Waals surface area contributed by atoms with E-state index < -0.39 is 45.8 Å². The lowest BCUT2D eigenvalue weighted by atomic mass is 9.87. The Kier molecular flexibility index (Phi) is 6.77. The summed E-state index contributed by atoms with van der Waals surface area (Å²) in [5.74, 6) is 0. The van der Waals surface area contributed by atoms with Crippen LogP contribution in [0.25, 0.3) is 0 Å². The lowest BCUT2D eigenvalue weighted by Gasteiger charge is -2.40. The highest BCUT2D eigenvalue weighted by atomic mass is 32.2. The molecule has 0 aromatic rings. The number of nitrogens with zero attached hydrogens (tertiary/aromatic N) is 1. The van der Waals surface area contributed by atoms with Crippen molar-refractivity contribution in [3.05, 3.63) is 0 Å². The van der Waals surface area contributed by atoms with Crippen LogP contribution in [0.2, 0.25) is 0 Å². The quantitative estimate of drug-likeness (QED) is 0.829. The summed E-state index contributed by atoms with van der Waals surface area (Å²) in [7, 11) is -1.56. The second-order valence-electron chi connectivity index (χ2n) is 8.21. The van der Waals surface area contributed by atoms with Crippen LogP contribution >= 0.6 is 0 Å². The van der Waals surface area contributed by atoms with E-state index in [2.05, 4.69) is 4.72 Å². The van der Waals surface area contributed by atoms with Crippen molar-refractivity contribution in [3.63, 3.8) is 0 Å². The van der Waals surface area contributed by atoms with Crippen LogP contribution in [0.4, 0.5) is 13.6 Å². The largest absolute Gasteiger partial charge is 0.444 e. The number of alkyl halides is 2. The normalized spacial score (nSPS) is 21.2. The summed E-state index contributed by atoms with van der Waals surface area (Å²) in [5.41, 5.74) is -2.46. The van der Waals surface area contributed by atoms with Crippen molar-refractivity contribution in [3.8, 4) is 0 Å². The topological polar surface area (TPSA) is 58.6 Å². The molecule has 24 heavy (non-hydrogen) atoms. The van der Waals surface area contributed by atoms with E-state index in [1.165, 1.54) is 4.90 Å². The molecule has 8 heteroatoms. The van der Waals surface area contributed by atoms with E-state index in [0.717, 1.165) is 0 Å². The van der Waals surface area contributed by atoms with E-state index in [9.17, 15) is 13.4 Å². The number of halogens is 2. The Hall–Kier alpha value is -0.760. The third-order valence-electron chi connectivity index (χ3n) is 3.83. The molecule has 1 fully saturated rings. The van der Waals surface area contributed by atoms with Crippen LogP contribution in [0.15, 0.2) is 0 Å². The summed E-state index contributed by atoms with van der Waals surface area (Å²) in [5, 5.41) is 0. The zero-order valence-electron chi connectivity index (χ0n) is 15.4. The molecular formula is C16H30F2N2O3S. The highest BCUT2D eigenvalue weighted by Crippen LogP contribution is 2.32. The van der Waals surface area contributed by atoms with Crippen LogP contribution in [0.3, 0.4) is 0 Å². The molecule has 1 amide bonds. The van der Waals surface area contributed by atoms with Gasteiger partial charge in [-0.1, -0.05) is 0 Å². The van der Waals surface area contributed by atoms with E-state index in [1.54, 1.807) is 41.5 Å². The molecule has 0 bridgehead atoms. The van der Waals surface area contributed by atoms with Gasteiger partial charge in [-0.25, -0.2) is 22.5 Å². The first-order valence-corrected chi connectivity index (χ1v) is 9.34. The zero-order valence-corrected chi connectivity index (χ0v) is 16.3. The molecule has 0 saturated carbocycles. The maximum absolute atomic E-state index is 15.1. The standard InChI is InChI=1S/C16H30F2N2O3S/c1-14(2,3)23-13(21)20-9-7-16(18,8-10-20)12(11-17)19-24(22)15(4,5)6/h12,19H,7-11H2,1-6H3/t12-,24?/m0/s1. The number of ether oxygens (including phenoxy) is 1. The first kappa shape index (κ1) is 21.3. The molecule has 1 heterocycles. The van der Waals surface area contributed by atoms with E-state index in [1.807, 2.05) is 0 Å². The summed E-state index contributed by atoms with van der Waals surface area (Å²) >= 11 is 0. The van der Waals surface area contributed by atoms with Gasteiger partial charge in [0.25, 0.3) is 0 Å². The number of rotatable bonds is 4. The van der Waals surface area contributed by atoms with E-state index in [4.69, 9.17) is 4.74 Å². The van der Waals surface area contributed by atoms with Crippen molar-refractivity contribution in [2.24, 2.45) is 0 Å². The van der Waals surface area contributed by atoms with Gasteiger partial charge in [-0.15, -0.1) is 0 Å². The Morgan fingerprint density at radius 3 is 2.12 bits per heavy atom. The van der Waals surface area contributed by atoms with Gasteiger partial charge in [0.2, 0.25) is 0 Å². The summed E-state index contributed by atoms with van der Waals surface area (Å²) in [4.78, 5) is 13.4. The van der Waals surface area contributed by atoms with Gasteiger partial charge in [0.15, 0.2) is 0 Å². The molecule has 0 radical (unpaired) electrons. The Morgan fingerprint density at radius 1 is 1.25 bits per heavy atom. The summed E-state index contributed by atoms with van der Waals surface area (Å²) in [6.07, 6.45) is -0.530. The molecule has 2 atom stereocenters. The van der Waals surface area contributed by atoms with Crippen LogP contribution in [0.1, 0.15) is 54.4 Å². The highest BCUT2D eigenvalue weighted by Gasteiger charge is 2.45. The van der Waals surface area contributed by atoms with E-state index in [-0.39, 0.29) is 25.9 Å². The van der Waals surface area contributed by atoms with Gasteiger partial charge in [0.05, 0.1) is 21.8 Å². The average Bonchev–Trinajstić information content (AvgIpc) is 2.41. The second-order valence-corrected chi connectivity index (χ2v) is 10.2. The number of piperidine rings is 1. The molecule has 0 aliphatic carbocycles. The lowest BCUT2D eigenvalue weighted by Crippen LogP contribution is -2.57. The number of nitrogens with one attached hydrogen (secondary N) is 1. The van der Waals surface area contributed by atoms with Crippen molar-refractivity contribution in [1.29, 1.82) is 0 Å². The minimum atomic E-state index is -1.84. The van der Waals surface area contributed by atoms with Gasteiger partial charge in [0, 0.05) is 25.9 Å². The zero-order chi connectivity index (χ0) is 18.8. The fourth-order valence-electron chi connectivity index (χ4n) is 2.32. The minimum Gasteiger partial charge on any atom is -0.444 e. The van der Waals surface area contributed by atoms with E-state index in [0.29, 0.717) is 0 Å². The SMILES string of the molecule is CC(C)(C)OC(=O)N1CCC(F)([C@H](CF)NS(=O)C(C)(C)C)CC1. The fourth-order valence-corrected chi connectivity index (χ4v) is 3.20. The monoisotopic (exact) mass is 368 g/mol. The molecule has 0 aromatic heterocycles. The predicted octanol–water partition coefficient (Wildman–Crippen LogP) is 3.12. The number of hydrogen-bond acceptors (Lipinski definition) is 3. The molecule has 1 aliphatic heterocycles. The van der Waals surface area contributed by atoms with Crippen molar-refractivity contribution in [2.45, 2.75) is 76.4 Å². The van der Waals surface area contributed by atoms with Crippen molar-refractivity contribution in [2.75, 3.05) is 19.8 Å². The smallest absolute Gasteiger partial charge is 0.410 e. The first-order chi connectivity index (χ1) is 10.8. The highest BCUT2D eigenvalue weighted by molar-refractivity contribution is 7.84. The Balaban J connectivity index is 2.68. The van der Waals surface area contributed by atoms with Crippen molar-refractivity contribution in [1.82, 2.24) is 9.62 Å². The van der Waals surface area contributed by atoms with Gasteiger partial charge < -0.3 is 9.64 Å². The van der Waals surface area contributed by atoms with Crippen LogP contribution in [0, 0.1) is 0 Å². The molecule has 1 N–H and O–H groups in total. The third-order valence-corrected chi connectivity index (χ3v) is 5.44. The lowest BCUT2D eigenvalue weighted by molar-refractivity contribution is -0.00683. The minimum absolute atomic E-state index is 0.0187. The summed E-state index contributed by atoms with van der Waals surface area (Å²) < 4.78 is 47.9. The van der Waals surface area contributed by atoms with Crippen molar-refractivity contribution < 1.29 is 22.5 Å². The van der Waals surface area contributed by atoms with Gasteiger partial charge in [-0.2, -0.15) is 0 Å².